The summed E-state index contributed by atoms with van der Waals surface area (Å²) in [6.45, 7) is -0.603. The Morgan fingerprint density at radius 2 is 1.33 bits per heavy atom. The minimum absolute atomic E-state index is 0.0930. The van der Waals surface area contributed by atoms with Crippen LogP contribution < -0.4 is 9.47 Å². The number of phenolic OH excluding ortho intramolecular Hbond substituents is 4. The Bertz CT molecular complexity index is 1680. The van der Waals surface area contributed by atoms with E-state index in [-0.39, 0.29) is 28.7 Å². The number of phenols is 4. The van der Waals surface area contributed by atoms with Crippen LogP contribution in [-0.4, -0.2) is 78.2 Å². The quantitative estimate of drug-likeness (QED) is 0.142. The minimum atomic E-state index is -1.61. The average Bonchev–Trinajstić information content (AvgIpc) is 3.39. The molecule has 1 saturated heterocycles. The predicted octanol–water partition coefficient (Wildman–Crippen LogP) is 3.12. The third kappa shape index (κ3) is 6.25. The first-order valence-electron chi connectivity index (χ1n) is 14.2. The summed E-state index contributed by atoms with van der Waals surface area (Å²) in [7, 11) is 0. The molecule has 11 nitrogen and oxygen atoms in total. The monoisotopic (exact) mass is 616 g/mol. The van der Waals surface area contributed by atoms with Crippen LogP contribution in [0.4, 0.5) is 0 Å². The van der Waals surface area contributed by atoms with E-state index >= 15 is 0 Å². The SMILES string of the molecule is OCC1OC(Oc2cc(O)cc(C=Cc3ccc4c(c3)C(c3cc(O)cc(O)c3)C(c3ccc(O)cc3)O4)c2)C(O)C(O)C1O. The fourth-order valence-corrected chi connectivity index (χ4v) is 5.73. The van der Waals surface area contributed by atoms with Crippen molar-refractivity contribution in [1.82, 2.24) is 0 Å². The summed E-state index contributed by atoms with van der Waals surface area (Å²) < 4.78 is 17.4. The van der Waals surface area contributed by atoms with Gasteiger partial charge in [-0.1, -0.05) is 30.4 Å². The number of aliphatic hydroxyl groups is 4. The maximum atomic E-state index is 10.3. The van der Waals surface area contributed by atoms with Crippen LogP contribution in [-0.2, 0) is 4.74 Å². The van der Waals surface area contributed by atoms with Gasteiger partial charge in [0.05, 0.1) is 12.5 Å². The second-order valence-corrected chi connectivity index (χ2v) is 11.1. The molecule has 0 bridgehead atoms. The lowest BCUT2D eigenvalue weighted by Gasteiger charge is -2.39. The number of ether oxygens (including phenoxy) is 3. The largest absolute Gasteiger partial charge is 0.508 e. The molecule has 6 rings (SSSR count). The number of benzene rings is 4. The number of fused-ring (bicyclic) bond motifs is 1. The molecule has 0 amide bonds. The van der Waals surface area contributed by atoms with Gasteiger partial charge in [-0.25, -0.2) is 0 Å². The van der Waals surface area contributed by atoms with Crippen molar-refractivity contribution in [2.24, 2.45) is 0 Å². The maximum Gasteiger partial charge on any atom is 0.229 e. The zero-order valence-electron chi connectivity index (χ0n) is 23.7. The lowest BCUT2D eigenvalue weighted by molar-refractivity contribution is -0.277. The Balaban J connectivity index is 1.28. The minimum Gasteiger partial charge on any atom is -0.508 e. The molecule has 45 heavy (non-hydrogen) atoms. The second kappa shape index (κ2) is 12.3. The molecule has 7 unspecified atom stereocenters. The van der Waals surface area contributed by atoms with Gasteiger partial charge in [-0.3, -0.25) is 0 Å². The van der Waals surface area contributed by atoms with Crippen molar-refractivity contribution >= 4 is 12.2 Å². The molecule has 4 aromatic rings. The number of aromatic hydroxyl groups is 4. The van der Waals surface area contributed by atoms with E-state index < -0.39 is 49.3 Å². The van der Waals surface area contributed by atoms with Gasteiger partial charge in [-0.15, -0.1) is 0 Å². The number of rotatable bonds is 7. The van der Waals surface area contributed by atoms with Crippen LogP contribution in [0.1, 0.15) is 39.8 Å². The van der Waals surface area contributed by atoms with Crippen molar-refractivity contribution in [2.75, 3.05) is 6.61 Å². The van der Waals surface area contributed by atoms with Crippen molar-refractivity contribution in [1.29, 1.82) is 0 Å². The van der Waals surface area contributed by atoms with Crippen LogP contribution in [0, 0.1) is 0 Å². The first kappa shape index (κ1) is 30.3. The molecule has 4 aromatic carbocycles. The molecule has 7 atom stereocenters. The van der Waals surface area contributed by atoms with Gasteiger partial charge in [0.25, 0.3) is 0 Å². The summed E-state index contributed by atoms with van der Waals surface area (Å²) in [4.78, 5) is 0. The molecule has 0 aromatic heterocycles. The van der Waals surface area contributed by atoms with Crippen LogP contribution in [0.15, 0.2) is 78.9 Å². The fourth-order valence-electron chi connectivity index (χ4n) is 5.73. The van der Waals surface area contributed by atoms with E-state index in [1.165, 1.54) is 18.2 Å². The first-order valence-corrected chi connectivity index (χ1v) is 14.2. The summed E-state index contributed by atoms with van der Waals surface area (Å²) in [5.74, 6) is 0.110. The molecule has 2 heterocycles. The molecule has 0 radical (unpaired) electrons. The molecule has 2 aliphatic rings. The maximum absolute atomic E-state index is 10.3. The van der Waals surface area contributed by atoms with Crippen molar-refractivity contribution in [3.05, 3.63) is 107 Å². The van der Waals surface area contributed by atoms with E-state index in [0.29, 0.717) is 16.9 Å². The molecular formula is C34H32O11. The zero-order chi connectivity index (χ0) is 31.8. The van der Waals surface area contributed by atoms with Crippen LogP contribution in [0.2, 0.25) is 0 Å². The molecule has 11 heteroatoms. The fraction of sp³-hybridized carbons (Fsp3) is 0.235. The highest BCUT2D eigenvalue weighted by atomic mass is 16.7. The van der Waals surface area contributed by atoms with Gasteiger partial charge in [-0.2, -0.15) is 0 Å². The standard InChI is InChI=1S/C34H32O11/c35-16-28-30(40)31(41)32(42)34(45-28)43-25-10-18(9-22(37)15-25)2-1-17-3-8-27-26(11-17)29(20-12-23(38)14-24(39)13-20)33(44-27)19-4-6-21(36)7-5-19/h1-15,28-42H,16H2. The van der Waals surface area contributed by atoms with Crippen LogP contribution in [0.3, 0.4) is 0 Å². The number of hydrogen-bond acceptors (Lipinski definition) is 11. The Kier molecular flexibility index (Phi) is 8.28. The molecule has 234 valence electrons. The van der Waals surface area contributed by atoms with Crippen LogP contribution in [0.5, 0.6) is 34.5 Å². The van der Waals surface area contributed by atoms with E-state index in [2.05, 4.69) is 0 Å². The molecule has 2 aliphatic heterocycles. The van der Waals surface area contributed by atoms with Gasteiger partial charge in [0.2, 0.25) is 6.29 Å². The molecule has 0 aliphatic carbocycles. The summed E-state index contributed by atoms with van der Waals surface area (Å²) in [5.41, 5.74) is 3.54. The highest BCUT2D eigenvalue weighted by Gasteiger charge is 2.44. The van der Waals surface area contributed by atoms with E-state index in [9.17, 15) is 40.9 Å². The molecule has 0 saturated carbocycles. The smallest absolute Gasteiger partial charge is 0.229 e. The molecular weight excluding hydrogens is 584 g/mol. The number of aliphatic hydroxyl groups excluding tert-OH is 4. The number of hydrogen-bond donors (Lipinski definition) is 8. The van der Waals surface area contributed by atoms with Gasteiger partial charge in [0, 0.05) is 17.7 Å². The third-order valence-corrected chi connectivity index (χ3v) is 7.91. The topological polar surface area (TPSA) is 190 Å². The van der Waals surface area contributed by atoms with Crippen molar-refractivity contribution in [2.45, 2.75) is 42.7 Å². The molecule has 1 fully saturated rings. The van der Waals surface area contributed by atoms with E-state index in [0.717, 1.165) is 16.7 Å². The van der Waals surface area contributed by atoms with E-state index in [1.54, 1.807) is 54.6 Å². The van der Waals surface area contributed by atoms with Gasteiger partial charge < -0.3 is 55.1 Å². The van der Waals surface area contributed by atoms with Gasteiger partial charge >= 0.3 is 0 Å². The van der Waals surface area contributed by atoms with Crippen molar-refractivity contribution in [3.63, 3.8) is 0 Å². The zero-order valence-corrected chi connectivity index (χ0v) is 23.7. The second-order valence-electron chi connectivity index (χ2n) is 11.1. The predicted molar refractivity (Wildman–Crippen MR) is 161 cm³/mol. The lowest BCUT2D eigenvalue weighted by atomic mass is 9.84. The van der Waals surface area contributed by atoms with E-state index in [4.69, 9.17) is 14.2 Å². The van der Waals surface area contributed by atoms with Gasteiger partial charge in [0.15, 0.2) is 0 Å². The molecule has 0 spiro atoms. The lowest BCUT2D eigenvalue weighted by Crippen LogP contribution is -2.60. The Hall–Kier alpha value is -4.78. The van der Waals surface area contributed by atoms with Gasteiger partial charge in [0.1, 0.15) is 65.0 Å². The average molecular weight is 617 g/mol. The summed E-state index contributed by atoms with van der Waals surface area (Å²) in [5, 5.41) is 80.5. The molecule has 8 N–H and O–H groups in total. The van der Waals surface area contributed by atoms with Crippen molar-refractivity contribution in [3.8, 4) is 34.5 Å². The Labute approximate surface area is 257 Å². The highest BCUT2D eigenvalue weighted by molar-refractivity contribution is 5.72. The summed E-state index contributed by atoms with van der Waals surface area (Å²) in [6.07, 6.45) is -4.27. The van der Waals surface area contributed by atoms with Crippen molar-refractivity contribution < 1.29 is 55.1 Å². The normalized spacial score (nSPS) is 26.0. The van der Waals surface area contributed by atoms with Gasteiger partial charge in [-0.05, 0) is 70.8 Å². The summed E-state index contributed by atoms with van der Waals surface area (Å²) in [6, 6.07) is 21.0. The third-order valence-electron chi connectivity index (χ3n) is 7.91. The Morgan fingerprint density at radius 1 is 0.644 bits per heavy atom. The van der Waals surface area contributed by atoms with Crippen LogP contribution in [0.25, 0.3) is 12.2 Å². The highest BCUT2D eigenvalue weighted by Crippen LogP contribution is 2.51. The first-order chi connectivity index (χ1) is 21.6. The van der Waals surface area contributed by atoms with E-state index in [1.807, 2.05) is 18.2 Å². The Morgan fingerprint density at radius 3 is 2.04 bits per heavy atom. The van der Waals surface area contributed by atoms with Crippen LogP contribution >= 0.6 is 0 Å². The summed E-state index contributed by atoms with van der Waals surface area (Å²) >= 11 is 0.